The van der Waals surface area contributed by atoms with E-state index in [9.17, 15) is 0 Å². The SMILES string of the molecule is Cc1ccccc1C(C[Se]c1ccccc1)c1cn(Cc2ccccc2)c2ccccc12. The summed E-state index contributed by atoms with van der Waals surface area (Å²) in [7, 11) is 0. The van der Waals surface area contributed by atoms with E-state index in [1.807, 2.05) is 0 Å². The Kier molecular flexibility index (Phi) is 6.25. The van der Waals surface area contributed by atoms with Crippen LogP contribution in [-0.2, 0) is 6.54 Å². The van der Waals surface area contributed by atoms with E-state index in [1.54, 1.807) is 0 Å². The standard InChI is InChI=1S/C30H27NSe/c1-23-12-8-9-17-26(23)29(22-32-25-15-6-3-7-16-25)28-21-31(20-24-13-4-2-5-14-24)30-19-11-10-18-27(28)30/h2-19,21,29H,20,22H2,1H3. The Morgan fingerprint density at radius 1 is 0.688 bits per heavy atom. The molecule has 0 radical (unpaired) electrons. The molecule has 0 amide bonds. The number of nitrogens with zero attached hydrogens (tertiary/aromatic N) is 1. The van der Waals surface area contributed by atoms with Crippen LogP contribution in [0.5, 0.6) is 0 Å². The first-order valence-corrected chi connectivity index (χ1v) is 13.2. The molecule has 0 bridgehead atoms. The third kappa shape index (κ3) is 4.43. The summed E-state index contributed by atoms with van der Waals surface area (Å²) in [5.41, 5.74) is 6.93. The van der Waals surface area contributed by atoms with Gasteiger partial charge in [0.1, 0.15) is 0 Å². The average molecular weight is 481 g/mol. The van der Waals surface area contributed by atoms with Gasteiger partial charge in [-0.25, -0.2) is 0 Å². The molecule has 0 aliphatic rings. The van der Waals surface area contributed by atoms with Crippen LogP contribution >= 0.6 is 0 Å². The predicted molar refractivity (Wildman–Crippen MR) is 137 cm³/mol. The summed E-state index contributed by atoms with van der Waals surface area (Å²) in [4.78, 5) is 0. The summed E-state index contributed by atoms with van der Waals surface area (Å²) in [6, 6.07) is 39.5. The van der Waals surface area contributed by atoms with Gasteiger partial charge in [0, 0.05) is 0 Å². The molecule has 0 saturated heterocycles. The Balaban J connectivity index is 1.59. The van der Waals surface area contributed by atoms with Gasteiger partial charge in [-0.05, 0) is 0 Å². The Morgan fingerprint density at radius 3 is 2.12 bits per heavy atom. The zero-order valence-electron chi connectivity index (χ0n) is 18.3. The summed E-state index contributed by atoms with van der Waals surface area (Å²) in [5, 5.41) is 2.53. The molecule has 0 aliphatic heterocycles. The summed E-state index contributed by atoms with van der Waals surface area (Å²) >= 11 is 0.414. The Labute approximate surface area is 196 Å². The number of fused-ring (bicyclic) bond motifs is 1. The van der Waals surface area contributed by atoms with Gasteiger partial charge in [0.25, 0.3) is 0 Å². The molecule has 5 rings (SSSR count). The number of hydrogen-bond acceptors (Lipinski definition) is 0. The first-order valence-electron chi connectivity index (χ1n) is 11.1. The fourth-order valence-electron chi connectivity index (χ4n) is 4.48. The predicted octanol–water partition coefficient (Wildman–Crippen LogP) is 6.58. The molecule has 0 N–H and O–H groups in total. The summed E-state index contributed by atoms with van der Waals surface area (Å²) < 4.78 is 3.90. The normalized spacial score (nSPS) is 12.2. The van der Waals surface area contributed by atoms with E-state index in [0.717, 1.165) is 11.9 Å². The minimum absolute atomic E-state index is 0.387. The number of hydrogen-bond donors (Lipinski definition) is 0. The quantitative estimate of drug-likeness (QED) is 0.232. The van der Waals surface area contributed by atoms with Gasteiger partial charge < -0.3 is 0 Å². The van der Waals surface area contributed by atoms with Gasteiger partial charge in [0.2, 0.25) is 0 Å². The second-order valence-electron chi connectivity index (χ2n) is 8.25. The van der Waals surface area contributed by atoms with Crippen LogP contribution in [0.2, 0.25) is 5.32 Å². The number of rotatable bonds is 7. The number of para-hydroxylation sites is 1. The maximum absolute atomic E-state index is 2.43. The van der Waals surface area contributed by atoms with Crippen LogP contribution in [0.15, 0.2) is 115 Å². The molecule has 1 atom stereocenters. The van der Waals surface area contributed by atoms with Crippen LogP contribution in [0.1, 0.15) is 28.2 Å². The molecule has 1 heterocycles. The van der Waals surface area contributed by atoms with Crippen molar-refractivity contribution in [2.45, 2.75) is 24.7 Å². The number of aryl methyl sites for hydroxylation is 1. The Bertz CT molecular complexity index is 1300. The summed E-state index contributed by atoms with van der Waals surface area (Å²) in [5.74, 6) is 0.387. The van der Waals surface area contributed by atoms with Gasteiger partial charge in [0.15, 0.2) is 0 Å². The molecule has 4 aromatic carbocycles. The zero-order chi connectivity index (χ0) is 21.8. The molecule has 32 heavy (non-hydrogen) atoms. The van der Waals surface area contributed by atoms with Crippen molar-refractivity contribution in [3.63, 3.8) is 0 Å². The fraction of sp³-hybridized carbons (Fsp3) is 0.133. The molecule has 1 unspecified atom stereocenters. The third-order valence-corrected chi connectivity index (χ3v) is 8.43. The first-order chi connectivity index (χ1) is 15.8. The second kappa shape index (κ2) is 9.61. The van der Waals surface area contributed by atoms with Crippen molar-refractivity contribution in [2.75, 3.05) is 0 Å². The summed E-state index contributed by atoms with van der Waals surface area (Å²) in [6.45, 7) is 3.15. The molecule has 2 heteroatoms. The van der Waals surface area contributed by atoms with Crippen LogP contribution in [0.25, 0.3) is 10.9 Å². The van der Waals surface area contributed by atoms with Crippen molar-refractivity contribution < 1.29 is 0 Å². The van der Waals surface area contributed by atoms with Crippen molar-refractivity contribution in [3.8, 4) is 0 Å². The van der Waals surface area contributed by atoms with E-state index < -0.39 is 0 Å². The molecule has 1 aromatic heterocycles. The van der Waals surface area contributed by atoms with Crippen molar-refractivity contribution in [2.24, 2.45) is 0 Å². The van der Waals surface area contributed by atoms with E-state index in [2.05, 4.69) is 127 Å². The number of aromatic nitrogens is 1. The molecule has 158 valence electrons. The van der Waals surface area contributed by atoms with Gasteiger partial charge in [0.05, 0.1) is 0 Å². The fourth-order valence-corrected chi connectivity index (χ4v) is 6.73. The van der Waals surface area contributed by atoms with E-state index in [-0.39, 0.29) is 0 Å². The van der Waals surface area contributed by atoms with Crippen LogP contribution in [0.3, 0.4) is 0 Å². The van der Waals surface area contributed by atoms with E-state index in [4.69, 9.17) is 0 Å². The van der Waals surface area contributed by atoms with Crippen LogP contribution in [0, 0.1) is 6.92 Å². The van der Waals surface area contributed by atoms with Crippen molar-refractivity contribution in [1.29, 1.82) is 0 Å². The second-order valence-corrected chi connectivity index (χ2v) is 10.5. The molecule has 0 fully saturated rings. The molecule has 1 nitrogen and oxygen atoms in total. The Morgan fingerprint density at radius 2 is 1.34 bits per heavy atom. The van der Waals surface area contributed by atoms with Crippen molar-refractivity contribution in [1.82, 2.24) is 4.57 Å². The maximum atomic E-state index is 2.43. The van der Waals surface area contributed by atoms with Crippen LogP contribution < -0.4 is 4.46 Å². The van der Waals surface area contributed by atoms with Gasteiger partial charge in [-0.3, -0.25) is 0 Å². The van der Waals surface area contributed by atoms with E-state index in [1.165, 1.54) is 37.6 Å². The molecule has 0 aliphatic carbocycles. The minimum atomic E-state index is 0.387. The van der Waals surface area contributed by atoms with Crippen molar-refractivity contribution in [3.05, 3.63) is 138 Å². The molecule has 5 aromatic rings. The molecule has 0 spiro atoms. The molecule has 0 saturated carbocycles. The van der Waals surface area contributed by atoms with Gasteiger partial charge >= 0.3 is 197 Å². The van der Waals surface area contributed by atoms with E-state index >= 15 is 0 Å². The monoisotopic (exact) mass is 481 g/mol. The van der Waals surface area contributed by atoms with E-state index in [0.29, 0.717) is 20.9 Å². The molecular weight excluding hydrogens is 453 g/mol. The van der Waals surface area contributed by atoms with Crippen LogP contribution in [0.4, 0.5) is 0 Å². The average Bonchev–Trinajstić information content (AvgIpc) is 3.20. The zero-order valence-corrected chi connectivity index (χ0v) is 20.0. The van der Waals surface area contributed by atoms with Gasteiger partial charge in [-0.15, -0.1) is 0 Å². The third-order valence-electron chi connectivity index (χ3n) is 6.11. The van der Waals surface area contributed by atoms with Crippen molar-refractivity contribution >= 4 is 30.3 Å². The van der Waals surface area contributed by atoms with Gasteiger partial charge in [-0.1, -0.05) is 0 Å². The first kappa shape index (κ1) is 20.8. The summed E-state index contributed by atoms with van der Waals surface area (Å²) in [6.07, 6.45) is 2.41. The van der Waals surface area contributed by atoms with Gasteiger partial charge in [-0.2, -0.15) is 0 Å². The topological polar surface area (TPSA) is 4.93 Å². The molecular formula is C30H27NSe. The Hall–Kier alpha value is -3.06. The van der Waals surface area contributed by atoms with Crippen LogP contribution in [-0.4, -0.2) is 19.5 Å². The number of benzene rings is 4.